The first-order valence-corrected chi connectivity index (χ1v) is 5.48. The lowest BCUT2D eigenvalue weighted by molar-refractivity contribution is 0.154. The molecule has 0 N–H and O–H groups in total. The Morgan fingerprint density at radius 3 is 2.81 bits per heavy atom. The summed E-state index contributed by atoms with van der Waals surface area (Å²) in [5.74, 6) is 0. The molecule has 0 aliphatic rings. The van der Waals surface area contributed by atoms with Crippen molar-refractivity contribution in [2.45, 2.75) is 13.8 Å². The minimum Gasteiger partial charge on any atom is -0.380 e. The first-order chi connectivity index (χ1) is 7.69. The Hall–Kier alpha value is -1.53. The molecule has 0 spiro atoms. The summed E-state index contributed by atoms with van der Waals surface area (Å²) in [7, 11) is 1.98. The molecule has 0 atom stereocenters. The molecular weight excluding hydrogens is 200 g/mol. The Bertz CT molecular complexity index is 382. The van der Waals surface area contributed by atoms with Crippen molar-refractivity contribution < 1.29 is 4.74 Å². The van der Waals surface area contributed by atoms with E-state index in [1.54, 1.807) is 0 Å². The second-order valence-electron chi connectivity index (χ2n) is 3.75. The van der Waals surface area contributed by atoms with Gasteiger partial charge in [-0.05, 0) is 31.5 Å². The highest BCUT2D eigenvalue weighted by Gasteiger charge is 2.06. The third kappa shape index (κ3) is 3.25. The molecule has 0 amide bonds. The molecule has 0 fully saturated rings. The van der Waals surface area contributed by atoms with Crippen molar-refractivity contribution in [2.24, 2.45) is 0 Å². The second kappa shape index (κ2) is 6.14. The Kier molecular flexibility index (Phi) is 4.81. The zero-order chi connectivity index (χ0) is 12.0. The lowest BCUT2D eigenvalue weighted by atomic mass is 10.1. The fourth-order valence-electron chi connectivity index (χ4n) is 1.54. The summed E-state index contributed by atoms with van der Waals surface area (Å²) in [6.07, 6.45) is 0. The van der Waals surface area contributed by atoms with E-state index in [0.29, 0.717) is 6.61 Å². The van der Waals surface area contributed by atoms with Gasteiger partial charge in [-0.15, -0.1) is 0 Å². The fraction of sp³-hybridized carbons (Fsp3) is 0.462. The van der Waals surface area contributed by atoms with Gasteiger partial charge in [-0.25, -0.2) is 0 Å². The molecular formula is C13H18N2O. The van der Waals surface area contributed by atoms with Crippen LogP contribution in [0.3, 0.4) is 0 Å². The van der Waals surface area contributed by atoms with E-state index in [1.165, 1.54) is 0 Å². The summed E-state index contributed by atoms with van der Waals surface area (Å²) in [6, 6.07) is 8.14. The van der Waals surface area contributed by atoms with Crippen LogP contribution in [-0.4, -0.2) is 26.8 Å². The highest BCUT2D eigenvalue weighted by atomic mass is 16.5. The number of aryl methyl sites for hydroxylation is 1. The van der Waals surface area contributed by atoms with Gasteiger partial charge in [-0.2, -0.15) is 5.26 Å². The molecule has 0 heterocycles. The number of hydrogen-bond donors (Lipinski definition) is 0. The van der Waals surface area contributed by atoms with Crippen molar-refractivity contribution in [2.75, 3.05) is 31.7 Å². The van der Waals surface area contributed by atoms with Crippen LogP contribution >= 0.6 is 0 Å². The molecule has 0 aromatic heterocycles. The number of hydrogen-bond acceptors (Lipinski definition) is 3. The van der Waals surface area contributed by atoms with E-state index >= 15 is 0 Å². The Morgan fingerprint density at radius 2 is 2.19 bits per heavy atom. The quantitative estimate of drug-likeness (QED) is 0.712. The first-order valence-electron chi connectivity index (χ1n) is 5.48. The summed E-state index contributed by atoms with van der Waals surface area (Å²) in [5, 5.41) is 9.06. The molecule has 0 saturated carbocycles. The van der Waals surface area contributed by atoms with Crippen molar-refractivity contribution in [3.63, 3.8) is 0 Å². The normalized spacial score (nSPS) is 9.88. The zero-order valence-corrected chi connectivity index (χ0v) is 10.2. The van der Waals surface area contributed by atoms with Crippen molar-refractivity contribution in [1.82, 2.24) is 0 Å². The van der Waals surface area contributed by atoms with Crippen LogP contribution in [0.5, 0.6) is 0 Å². The molecule has 0 radical (unpaired) electrons. The van der Waals surface area contributed by atoms with E-state index in [4.69, 9.17) is 10.00 Å². The van der Waals surface area contributed by atoms with Crippen LogP contribution in [0.4, 0.5) is 5.69 Å². The van der Waals surface area contributed by atoms with Crippen molar-refractivity contribution >= 4 is 5.69 Å². The van der Waals surface area contributed by atoms with Crippen LogP contribution in [-0.2, 0) is 4.74 Å². The standard InChI is InChI=1S/C13H18N2O/c1-4-16-8-7-15(3)13-6-5-11(2)9-12(13)10-14/h5-6,9H,4,7-8H2,1-3H3. The van der Waals surface area contributed by atoms with Crippen LogP contribution in [0.1, 0.15) is 18.1 Å². The van der Waals surface area contributed by atoms with E-state index in [-0.39, 0.29) is 0 Å². The highest BCUT2D eigenvalue weighted by Crippen LogP contribution is 2.19. The monoisotopic (exact) mass is 218 g/mol. The van der Waals surface area contributed by atoms with Gasteiger partial charge in [0.2, 0.25) is 0 Å². The molecule has 0 aliphatic heterocycles. The van der Waals surface area contributed by atoms with Crippen molar-refractivity contribution in [3.8, 4) is 6.07 Å². The number of likely N-dealkylation sites (N-methyl/N-ethyl adjacent to an activating group) is 1. The summed E-state index contributed by atoms with van der Waals surface area (Å²) < 4.78 is 5.30. The highest BCUT2D eigenvalue weighted by molar-refractivity contribution is 5.59. The Labute approximate surface area is 97.3 Å². The summed E-state index contributed by atoms with van der Waals surface area (Å²) in [4.78, 5) is 2.05. The maximum absolute atomic E-state index is 9.06. The molecule has 3 nitrogen and oxygen atoms in total. The van der Waals surface area contributed by atoms with Crippen LogP contribution in [0.2, 0.25) is 0 Å². The average molecular weight is 218 g/mol. The first kappa shape index (κ1) is 12.5. The third-order valence-electron chi connectivity index (χ3n) is 2.46. The molecule has 0 unspecified atom stereocenters. The predicted molar refractivity (Wildman–Crippen MR) is 65.7 cm³/mol. The van der Waals surface area contributed by atoms with Gasteiger partial charge in [0.15, 0.2) is 0 Å². The molecule has 0 bridgehead atoms. The SMILES string of the molecule is CCOCCN(C)c1ccc(C)cc1C#N. The fourth-order valence-corrected chi connectivity index (χ4v) is 1.54. The smallest absolute Gasteiger partial charge is 0.101 e. The van der Waals surface area contributed by atoms with Gasteiger partial charge in [0, 0.05) is 20.2 Å². The predicted octanol–water partition coefficient (Wildman–Crippen LogP) is 2.34. The Morgan fingerprint density at radius 1 is 1.44 bits per heavy atom. The summed E-state index contributed by atoms with van der Waals surface area (Å²) in [6.45, 7) is 6.18. The molecule has 1 rings (SSSR count). The lowest BCUT2D eigenvalue weighted by Crippen LogP contribution is -2.23. The topological polar surface area (TPSA) is 36.3 Å². The van der Waals surface area contributed by atoms with E-state index in [9.17, 15) is 0 Å². The Balaban J connectivity index is 2.75. The van der Waals surface area contributed by atoms with Gasteiger partial charge in [0.25, 0.3) is 0 Å². The largest absolute Gasteiger partial charge is 0.380 e. The molecule has 0 aliphatic carbocycles. The van der Waals surface area contributed by atoms with Crippen LogP contribution in [0, 0.1) is 18.3 Å². The molecule has 0 saturated heterocycles. The average Bonchev–Trinajstić information content (AvgIpc) is 2.29. The van der Waals surface area contributed by atoms with Gasteiger partial charge < -0.3 is 9.64 Å². The molecule has 16 heavy (non-hydrogen) atoms. The number of nitrogens with zero attached hydrogens (tertiary/aromatic N) is 2. The van der Waals surface area contributed by atoms with E-state index in [1.807, 2.05) is 44.0 Å². The van der Waals surface area contributed by atoms with Crippen molar-refractivity contribution in [1.29, 1.82) is 5.26 Å². The van der Waals surface area contributed by atoms with Crippen LogP contribution in [0.15, 0.2) is 18.2 Å². The summed E-state index contributed by atoms with van der Waals surface area (Å²) >= 11 is 0. The minimum absolute atomic E-state index is 0.686. The molecule has 86 valence electrons. The molecule has 1 aromatic carbocycles. The van der Waals surface area contributed by atoms with E-state index in [0.717, 1.165) is 30.0 Å². The van der Waals surface area contributed by atoms with Gasteiger partial charge >= 0.3 is 0 Å². The number of benzene rings is 1. The van der Waals surface area contributed by atoms with Gasteiger partial charge in [-0.1, -0.05) is 6.07 Å². The van der Waals surface area contributed by atoms with E-state index < -0.39 is 0 Å². The second-order valence-corrected chi connectivity index (χ2v) is 3.75. The lowest BCUT2D eigenvalue weighted by Gasteiger charge is -2.20. The third-order valence-corrected chi connectivity index (χ3v) is 2.46. The van der Waals surface area contributed by atoms with Crippen molar-refractivity contribution in [3.05, 3.63) is 29.3 Å². The molecule has 3 heteroatoms. The van der Waals surface area contributed by atoms with Crippen LogP contribution < -0.4 is 4.90 Å². The number of nitriles is 1. The summed E-state index contributed by atoms with van der Waals surface area (Å²) in [5.41, 5.74) is 2.80. The van der Waals surface area contributed by atoms with E-state index in [2.05, 4.69) is 6.07 Å². The van der Waals surface area contributed by atoms with Gasteiger partial charge in [0.05, 0.1) is 17.9 Å². The number of anilines is 1. The van der Waals surface area contributed by atoms with Gasteiger partial charge in [0.1, 0.15) is 6.07 Å². The number of rotatable bonds is 5. The zero-order valence-electron chi connectivity index (χ0n) is 10.2. The maximum Gasteiger partial charge on any atom is 0.101 e. The number of ether oxygens (including phenoxy) is 1. The molecule has 1 aromatic rings. The minimum atomic E-state index is 0.686. The van der Waals surface area contributed by atoms with Crippen LogP contribution in [0.25, 0.3) is 0 Å². The van der Waals surface area contributed by atoms with Gasteiger partial charge in [-0.3, -0.25) is 0 Å². The maximum atomic E-state index is 9.06.